The molecule has 0 spiro atoms. The first-order valence-electron chi connectivity index (χ1n) is 14.5. The first-order chi connectivity index (χ1) is 22.7. The van der Waals surface area contributed by atoms with Gasteiger partial charge in [-0.25, -0.2) is 14.6 Å². The number of fused-ring (bicyclic) bond motifs is 1. The van der Waals surface area contributed by atoms with Crippen molar-refractivity contribution >= 4 is 58.5 Å². The smallest absolute Gasteiger partial charge is 0.347 e. The minimum Gasteiger partial charge on any atom is -0.450 e. The molecule has 1 fully saturated rings. The number of esters is 3. The van der Waals surface area contributed by atoms with Gasteiger partial charge in [0.25, 0.3) is 11.8 Å². The number of ether oxygens (including phenoxy) is 3. The van der Waals surface area contributed by atoms with E-state index in [1.165, 1.54) is 46.6 Å². The Morgan fingerprint density at radius 2 is 1.68 bits per heavy atom. The van der Waals surface area contributed by atoms with E-state index in [0.29, 0.717) is 0 Å². The lowest BCUT2D eigenvalue weighted by atomic mass is 10.0. The van der Waals surface area contributed by atoms with Gasteiger partial charge in [0.05, 0.1) is 11.1 Å². The van der Waals surface area contributed by atoms with Crippen LogP contribution in [0.15, 0.2) is 88.5 Å². The number of rotatable bonds is 13. The van der Waals surface area contributed by atoms with E-state index in [2.05, 4.69) is 15.5 Å². The zero-order chi connectivity index (χ0) is 33.3. The summed E-state index contributed by atoms with van der Waals surface area (Å²) in [6.45, 7) is 2.45. The van der Waals surface area contributed by atoms with E-state index in [-0.39, 0.29) is 29.2 Å². The number of hydrogen-bond acceptors (Lipinski definition) is 13. The lowest BCUT2D eigenvalue weighted by Gasteiger charge is -2.47. The molecule has 3 aromatic rings. The quantitative estimate of drug-likeness (QED) is 0.0928. The van der Waals surface area contributed by atoms with Gasteiger partial charge in [-0.05, 0) is 11.1 Å². The van der Waals surface area contributed by atoms with Crippen molar-refractivity contribution in [1.82, 2.24) is 15.2 Å². The molecule has 2 aliphatic heterocycles. The molecule has 13 nitrogen and oxygen atoms in total. The summed E-state index contributed by atoms with van der Waals surface area (Å²) in [4.78, 5) is 73.8. The summed E-state index contributed by atoms with van der Waals surface area (Å²) in [7, 11) is 0. The van der Waals surface area contributed by atoms with Gasteiger partial charge in [-0.1, -0.05) is 72.7 Å². The van der Waals surface area contributed by atoms with Crippen molar-refractivity contribution in [3.63, 3.8) is 0 Å². The molecule has 1 N–H and O–H groups in total. The van der Waals surface area contributed by atoms with Gasteiger partial charge in [0.1, 0.15) is 17.1 Å². The number of carbonyl (C=O) groups excluding carboxylic acids is 5. The third-order valence-electron chi connectivity index (χ3n) is 6.87. The number of nitrogens with one attached hydrogen (secondary N) is 1. The number of benzene rings is 2. The molecule has 3 atom stereocenters. The van der Waals surface area contributed by atoms with E-state index >= 15 is 0 Å². The maximum atomic E-state index is 13.3. The standard InChI is InChI=1S/C32H30N4O9S2/c1-3-24(37)43-19(2)44-32(41)22-14-36-30(40)27(31(36)47-16-22)34-29(39)26(23-17-46-18-33-23)35-42-15-25(38)45-28(20-10-6-4-7-11-20)21-12-8-5-9-13-21/h4-14,17-19,27-28,31H,3,15-16H2,1-2H3,(H,34,39)/t19?,27?,31-/m1/s1. The Hall–Kier alpha value is -5.02. The Morgan fingerprint density at radius 3 is 2.30 bits per heavy atom. The summed E-state index contributed by atoms with van der Waals surface area (Å²) in [5, 5.41) is 7.64. The molecule has 244 valence electrons. The third-order valence-corrected chi connectivity index (χ3v) is 8.78. The van der Waals surface area contributed by atoms with Crippen LogP contribution in [0.25, 0.3) is 0 Å². The van der Waals surface area contributed by atoms with Gasteiger partial charge in [0, 0.05) is 30.7 Å². The van der Waals surface area contributed by atoms with Crippen LogP contribution in [0.5, 0.6) is 0 Å². The second-order valence-electron chi connectivity index (χ2n) is 10.1. The molecule has 47 heavy (non-hydrogen) atoms. The van der Waals surface area contributed by atoms with E-state index in [9.17, 15) is 24.0 Å². The number of carbonyl (C=O) groups is 5. The summed E-state index contributed by atoms with van der Waals surface area (Å²) < 4.78 is 15.8. The first-order valence-corrected chi connectivity index (χ1v) is 16.5. The second-order valence-corrected chi connectivity index (χ2v) is 12.0. The van der Waals surface area contributed by atoms with Gasteiger partial charge in [0.15, 0.2) is 11.8 Å². The summed E-state index contributed by atoms with van der Waals surface area (Å²) in [5.41, 5.74) is 3.20. The van der Waals surface area contributed by atoms with E-state index in [1.807, 2.05) is 60.7 Å². The molecule has 2 aliphatic rings. The molecule has 2 amide bonds. The Kier molecular flexibility index (Phi) is 11.0. The number of thioether (sulfide) groups is 1. The fourth-order valence-electron chi connectivity index (χ4n) is 4.59. The van der Waals surface area contributed by atoms with Crippen LogP contribution in [0.1, 0.15) is 43.2 Å². The van der Waals surface area contributed by atoms with Crippen LogP contribution in [0.3, 0.4) is 0 Å². The number of thiazole rings is 1. The maximum absolute atomic E-state index is 13.3. The fraction of sp³-hybridized carbons (Fsp3) is 0.281. The molecule has 2 unspecified atom stereocenters. The summed E-state index contributed by atoms with van der Waals surface area (Å²) >= 11 is 2.47. The number of nitrogens with zero attached hydrogens (tertiary/aromatic N) is 3. The predicted octanol–water partition coefficient (Wildman–Crippen LogP) is 3.32. The molecule has 0 bridgehead atoms. The van der Waals surface area contributed by atoms with Gasteiger partial charge in [-0.3, -0.25) is 14.4 Å². The van der Waals surface area contributed by atoms with Crippen molar-refractivity contribution < 1.29 is 43.0 Å². The zero-order valence-electron chi connectivity index (χ0n) is 25.3. The fourth-order valence-corrected chi connectivity index (χ4v) is 6.37. The van der Waals surface area contributed by atoms with Crippen molar-refractivity contribution in [2.45, 2.75) is 44.1 Å². The number of β-lactam (4-membered cyclic amide) rings is 1. The number of amides is 2. The molecular weight excluding hydrogens is 649 g/mol. The molecule has 0 radical (unpaired) electrons. The Bertz CT molecular complexity index is 1630. The van der Waals surface area contributed by atoms with Crippen molar-refractivity contribution in [3.8, 4) is 0 Å². The van der Waals surface area contributed by atoms with Crippen LogP contribution < -0.4 is 5.32 Å². The molecular formula is C32H30N4O9S2. The monoisotopic (exact) mass is 678 g/mol. The van der Waals surface area contributed by atoms with Gasteiger partial charge in [0.2, 0.25) is 12.9 Å². The highest BCUT2D eigenvalue weighted by Gasteiger charge is 2.50. The van der Waals surface area contributed by atoms with Crippen LogP contribution in [-0.4, -0.2) is 75.4 Å². The number of oxime groups is 1. The average molecular weight is 679 g/mol. The van der Waals surface area contributed by atoms with E-state index < -0.39 is 60.1 Å². The van der Waals surface area contributed by atoms with Gasteiger partial charge < -0.3 is 29.3 Å². The van der Waals surface area contributed by atoms with Crippen molar-refractivity contribution in [2.24, 2.45) is 5.16 Å². The van der Waals surface area contributed by atoms with Crippen molar-refractivity contribution in [2.75, 3.05) is 12.4 Å². The highest BCUT2D eigenvalue weighted by atomic mass is 32.2. The summed E-state index contributed by atoms with van der Waals surface area (Å²) in [6, 6.07) is 17.6. The molecule has 0 saturated carbocycles. The van der Waals surface area contributed by atoms with Crippen LogP contribution in [0.4, 0.5) is 0 Å². The SMILES string of the molecule is CCC(=O)OC(C)OC(=O)C1=CN2C(=O)C(NC(=O)C(=NOCC(=O)OC(c3ccccc3)c3ccccc3)c3cscn3)[C@H]2SC1. The molecule has 1 aromatic heterocycles. The number of aromatic nitrogens is 1. The minimum atomic E-state index is -1.08. The maximum Gasteiger partial charge on any atom is 0.347 e. The van der Waals surface area contributed by atoms with Crippen LogP contribution >= 0.6 is 23.1 Å². The highest BCUT2D eigenvalue weighted by molar-refractivity contribution is 8.00. The Morgan fingerprint density at radius 1 is 1.00 bits per heavy atom. The van der Waals surface area contributed by atoms with Crippen molar-refractivity contribution in [3.05, 3.63) is 100 Å². The average Bonchev–Trinajstić information content (AvgIpc) is 3.63. The molecule has 1 saturated heterocycles. The largest absolute Gasteiger partial charge is 0.450 e. The zero-order valence-corrected chi connectivity index (χ0v) is 26.9. The minimum absolute atomic E-state index is 0.134. The topological polar surface area (TPSA) is 163 Å². The lowest BCUT2D eigenvalue weighted by Crippen LogP contribution is -2.69. The molecule has 5 rings (SSSR count). The third kappa shape index (κ3) is 8.23. The van der Waals surface area contributed by atoms with Gasteiger partial charge in [-0.2, -0.15) is 0 Å². The normalized spacial score (nSPS) is 17.9. The summed E-state index contributed by atoms with van der Waals surface area (Å²) in [5.74, 6) is -2.96. The second kappa shape index (κ2) is 15.5. The number of hydrogen-bond donors (Lipinski definition) is 1. The van der Waals surface area contributed by atoms with Crippen molar-refractivity contribution in [1.29, 1.82) is 0 Å². The molecule has 0 aliphatic carbocycles. The molecule has 3 heterocycles. The molecule has 2 aromatic carbocycles. The Labute approximate surface area is 277 Å². The predicted molar refractivity (Wildman–Crippen MR) is 170 cm³/mol. The van der Waals surface area contributed by atoms with Gasteiger partial charge >= 0.3 is 17.9 Å². The molecule has 15 heteroatoms. The van der Waals surface area contributed by atoms with E-state index in [0.717, 1.165) is 11.1 Å². The van der Waals surface area contributed by atoms with Crippen LogP contribution in [-0.2, 0) is 43.0 Å². The van der Waals surface area contributed by atoms with Crippen LogP contribution in [0, 0.1) is 0 Å². The van der Waals surface area contributed by atoms with Gasteiger partial charge in [-0.15, -0.1) is 23.1 Å². The lowest BCUT2D eigenvalue weighted by molar-refractivity contribution is -0.181. The van der Waals surface area contributed by atoms with E-state index in [1.54, 1.807) is 12.3 Å². The Balaban J connectivity index is 1.20. The van der Waals surface area contributed by atoms with Crippen LogP contribution in [0.2, 0.25) is 0 Å². The van der Waals surface area contributed by atoms with E-state index in [4.69, 9.17) is 19.0 Å². The first kappa shape index (κ1) is 33.3. The highest BCUT2D eigenvalue weighted by Crippen LogP contribution is 2.36. The summed E-state index contributed by atoms with van der Waals surface area (Å²) in [6.07, 6.45) is -0.266.